The van der Waals surface area contributed by atoms with Gasteiger partial charge in [0.2, 0.25) is 0 Å². The summed E-state index contributed by atoms with van der Waals surface area (Å²) in [5.41, 5.74) is 0.853. The Bertz CT molecular complexity index is 822. The first-order valence-corrected chi connectivity index (χ1v) is 7.81. The van der Waals surface area contributed by atoms with Crippen molar-refractivity contribution in [3.8, 4) is 5.69 Å². The van der Waals surface area contributed by atoms with Crippen molar-refractivity contribution in [1.29, 1.82) is 0 Å². The number of hydrogen-bond donors (Lipinski definition) is 0. The minimum Gasteiger partial charge on any atom is -0.360 e. The number of Topliss-reactive ketones (excluding diaryl/α,β-unsaturated/α-hetero) is 1. The standard InChI is InChI=1S/C19H21FN2O2/c1-5-11-21(4)18-14(6-2)12-17(13(3)23)19(24)22(18)16-9-7-15(20)8-10-16/h6-10,12H,2,5,11H2,1,3-4H3. The molecule has 0 N–H and O–H groups in total. The molecule has 0 aliphatic heterocycles. The van der Waals surface area contributed by atoms with Gasteiger partial charge in [0.25, 0.3) is 5.56 Å². The molecule has 0 saturated heterocycles. The quantitative estimate of drug-likeness (QED) is 0.760. The van der Waals surface area contributed by atoms with Crippen molar-refractivity contribution in [2.24, 2.45) is 0 Å². The lowest BCUT2D eigenvalue weighted by Crippen LogP contribution is -2.32. The smallest absolute Gasteiger partial charge is 0.267 e. The van der Waals surface area contributed by atoms with Crippen molar-refractivity contribution < 1.29 is 9.18 Å². The maximum atomic E-state index is 13.3. The largest absolute Gasteiger partial charge is 0.360 e. The van der Waals surface area contributed by atoms with Crippen LogP contribution in [0.5, 0.6) is 0 Å². The number of hydrogen-bond acceptors (Lipinski definition) is 3. The summed E-state index contributed by atoms with van der Waals surface area (Å²) in [5, 5.41) is 0. The van der Waals surface area contributed by atoms with Gasteiger partial charge in [-0.05, 0) is 43.7 Å². The van der Waals surface area contributed by atoms with E-state index in [0.717, 1.165) is 13.0 Å². The van der Waals surface area contributed by atoms with Crippen LogP contribution in [0.4, 0.5) is 10.2 Å². The second-order valence-electron chi connectivity index (χ2n) is 5.64. The Balaban J connectivity index is 2.87. The van der Waals surface area contributed by atoms with Crippen molar-refractivity contribution in [1.82, 2.24) is 4.57 Å². The number of pyridine rings is 1. The summed E-state index contributed by atoms with van der Waals surface area (Å²) in [4.78, 5) is 26.7. The number of anilines is 1. The highest BCUT2D eigenvalue weighted by Crippen LogP contribution is 2.24. The van der Waals surface area contributed by atoms with Crippen molar-refractivity contribution >= 4 is 17.7 Å². The zero-order valence-electron chi connectivity index (χ0n) is 14.2. The molecule has 0 amide bonds. The fourth-order valence-electron chi connectivity index (χ4n) is 2.69. The van der Waals surface area contributed by atoms with E-state index in [0.29, 0.717) is 17.1 Å². The van der Waals surface area contributed by atoms with Gasteiger partial charge < -0.3 is 4.90 Å². The van der Waals surface area contributed by atoms with Crippen LogP contribution in [0.1, 0.15) is 36.2 Å². The van der Waals surface area contributed by atoms with Crippen LogP contribution in [-0.2, 0) is 0 Å². The molecule has 24 heavy (non-hydrogen) atoms. The third-order valence-electron chi connectivity index (χ3n) is 3.81. The van der Waals surface area contributed by atoms with Gasteiger partial charge in [-0.25, -0.2) is 4.39 Å². The molecule has 0 fully saturated rings. The van der Waals surface area contributed by atoms with E-state index < -0.39 is 5.56 Å². The van der Waals surface area contributed by atoms with Crippen LogP contribution < -0.4 is 10.5 Å². The lowest BCUT2D eigenvalue weighted by atomic mass is 10.1. The summed E-state index contributed by atoms with van der Waals surface area (Å²) in [5.74, 6) is -0.0703. The molecule has 4 nitrogen and oxygen atoms in total. The Morgan fingerprint density at radius 2 is 1.96 bits per heavy atom. The second kappa shape index (κ2) is 7.25. The highest BCUT2D eigenvalue weighted by molar-refractivity contribution is 5.95. The molecular formula is C19H21FN2O2. The topological polar surface area (TPSA) is 42.3 Å². The summed E-state index contributed by atoms with van der Waals surface area (Å²) >= 11 is 0. The number of carbonyl (C=O) groups excluding carboxylic acids is 1. The first-order valence-electron chi connectivity index (χ1n) is 7.81. The number of carbonyl (C=O) groups is 1. The molecular weight excluding hydrogens is 307 g/mol. The van der Waals surface area contributed by atoms with Crippen molar-refractivity contribution in [3.63, 3.8) is 0 Å². The highest BCUT2D eigenvalue weighted by Gasteiger charge is 2.19. The molecule has 0 bridgehead atoms. The maximum absolute atomic E-state index is 13.3. The van der Waals surface area contributed by atoms with E-state index in [-0.39, 0.29) is 17.2 Å². The van der Waals surface area contributed by atoms with Crippen LogP contribution in [0.3, 0.4) is 0 Å². The number of nitrogens with zero attached hydrogens (tertiary/aromatic N) is 2. The van der Waals surface area contributed by atoms with E-state index in [1.54, 1.807) is 12.1 Å². The van der Waals surface area contributed by atoms with Gasteiger partial charge in [-0.15, -0.1) is 0 Å². The molecule has 1 aromatic heterocycles. The van der Waals surface area contributed by atoms with Gasteiger partial charge in [0.15, 0.2) is 5.78 Å². The predicted molar refractivity (Wildman–Crippen MR) is 95.7 cm³/mol. The SMILES string of the molecule is C=Cc1cc(C(C)=O)c(=O)n(-c2ccc(F)cc2)c1N(C)CCC. The molecule has 1 heterocycles. The van der Waals surface area contributed by atoms with Crippen LogP contribution in [0.25, 0.3) is 11.8 Å². The Hall–Kier alpha value is -2.69. The minimum atomic E-state index is -0.419. The van der Waals surface area contributed by atoms with E-state index >= 15 is 0 Å². The van der Waals surface area contributed by atoms with Crippen LogP contribution in [-0.4, -0.2) is 23.9 Å². The predicted octanol–water partition coefficient (Wildman–Crippen LogP) is 3.67. The van der Waals surface area contributed by atoms with Gasteiger partial charge in [0, 0.05) is 19.2 Å². The summed E-state index contributed by atoms with van der Waals surface area (Å²) in [6.45, 7) is 7.91. The van der Waals surface area contributed by atoms with Crippen molar-refractivity contribution in [2.75, 3.05) is 18.5 Å². The van der Waals surface area contributed by atoms with Crippen LogP contribution in [0, 0.1) is 5.82 Å². The third kappa shape index (κ3) is 3.30. The summed E-state index contributed by atoms with van der Waals surface area (Å²) in [6, 6.07) is 7.20. The van der Waals surface area contributed by atoms with Gasteiger partial charge in [-0.1, -0.05) is 19.6 Å². The third-order valence-corrected chi connectivity index (χ3v) is 3.81. The minimum absolute atomic E-state index is 0.0860. The van der Waals surface area contributed by atoms with Crippen LogP contribution in [0.2, 0.25) is 0 Å². The zero-order valence-corrected chi connectivity index (χ0v) is 14.2. The number of benzene rings is 1. The summed E-state index contributed by atoms with van der Waals surface area (Å²) < 4.78 is 14.7. The maximum Gasteiger partial charge on any atom is 0.267 e. The van der Waals surface area contributed by atoms with Crippen molar-refractivity contribution in [2.45, 2.75) is 20.3 Å². The van der Waals surface area contributed by atoms with Gasteiger partial charge in [0.05, 0.1) is 11.3 Å². The highest BCUT2D eigenvalue weighted by atomic mass is 19.1. The molecule has 5 heteroatoms. The van der Waals surface area contributed by atoms with Gasteiger partial charge in [-0.3, -0.25) is 14.2 Å². The Morgan fingerprint density at radius 1 is 1.33 bits per heavy atom. The Labute approximate surface area is 140 Å². The van der Waals surface area contributed by atoms with Gasteiger partial charge in [0.1, 0.15) is 11.6 Å². The average Bonchev–Trinajstić information content (AvgIpc) is 2.55. The summed E-state index contributed by atoms with van der Waals surface area (Å²) in [7, 11) is 1.87. The monoisotopic (exact) mass is 328 g/mol. The van der Waals surface area contributed by atoms with Gasteiger partial charge >= 0.3 is 0 Å². The summed E-state index contributed by atoms with van der Waals surface area (Å²) in [6.07, 6.45) is 2.51. The molecule has 126 valence electrons. The van der Waals surface area contributed by atoms with E-state index in [4.69, 9.17) is 0 Å². The molecule has 2 rings (SSSR count). The lowest BCUT2D eigenvalue weighted by molar-refractivity contribution is 0.101. The van der Waals surface area contributed by atoms with E-state index in [2.05, 4.69) is 6.58 Å². The zero-order chi connectivity index (χ0) is 17.9. The van der Waals surface area contributed by atoms with E-state index in [9.17, 15) is 14.0 Å². The first kappa shape index (κ1) is 17.7. The van der Waals surface area contributed by atoms with E-state index in [1.807, 2.05) is 18.9 Å². The molecule has 0 atom stereocenters. The Morgan fingerprint density at radius 3 is 2.46 bits per heavy atom. The molecule has 0 spiro atoms. The average molecular weight is 328 g/mol. The molecule has 0 saturated carbocycles. The molecule has 2 aromatic rings. The van der Waals surface area contributed by atoms with Gasteiger partial charge in [-0.2, -0.15) is 0 Å². The molecule has 0 unspecified atom stereocenters. The fraction of sp³-hybridized carbons (Fsp3) is 0.263. The number of halogens is 1. The van der Waals surface area contributed by atoms with Crippen LogP contribution >= 0.6 is 0 Å². The van der Waals surface area contributed by atoms with Crippen LogP contribution in [0.15, 0.2) is 41.7 Å². The first-order chi connectivity index (χ1) is 11.4. The Kier molecular flexibility index (Phi) is 5.34. The molecule has 1 aromatic carbocycles. The second-order valence-corrected chi connectivity index (χ2v) is 5.64. The normalized spacial score (nSPS) is 10.5. The fourth-order valence-corrected chi connectivity index (χ4v) is 2.69. The molecule has 0 radical (unpaired) electrons. The lowest BCUT2D eigenvalue weighted by Gasteiger charge is -2.26. The number of ketones is 1. The molecule has 0 aliphatic carbocycles. The van der Waals surface area contributed by atoms with Crippen molar-refractivity contribution in [3.05, 3.63) is 64.2 Å². The number of aromatic nitrogens is 1. The van der Waals surface area contributed by atoms with E-state index in [1.165, 1.54) is 35.8 Å². The number of rotatable bonds is 6. The molecule has 0 aliphatic rings.